The molecule has 0 aliphatic rings. The number of nitrogens with two attached hydrogens (primary N) is 1. The first kappa shape index (κ1) is 13.2. The first-order valence-electron chi connectivity index (χ1n) is 5.24. The largest absolute Gasteiger partial charge is 0.361 e. The van der Waals surface area contributed by atoms with Crippen molar-refractivity contribution in [1.29, 1.82) is 0 Å². The van der Waals surface area contributed by atoms with Crippen LogP contribution in [0, 0.1) is 6.92 Å². The lowest BCUT2D eigenvalue weighted by atomic mass is 10.2. The lowest BCUT2D eigenvalue weighted by Gasteiger charge is -2.08. The molecular formula is C11H11N3O4S. The molecule has 8 heteroatoms. The highest BCUT2D eigenvalue weighted by Crippen LogP contribution is 2.20. The highest BCUT2D eigenvalue weighted by atomic mass is 32.2. The van der Waals surface area contributed by atoms with Gasteiger partial charge in [-0.2, -0.15) is 0 Å². The molecule has 0 saturated heterocycles. The second kappa shape index (κ2) is 4.82. The van der Waals surface area contributed by atoms with Crippen molar-refractivity contribution in [1.82, 2.24) is 5.16 Å². The molecule has 0 radical (unpaired) electrons. The lowest BCUT2D eigenvalue weighted by molar-refractivity contribution is 0.102. The van der Waals surface area contributed by atoms with Gasteiger partial charge < -0.3 is 9.84 Å². The van der Waals surface area contributed by atoms with Gasteiger partial charge in [-0.1, -0.05) is 17.3 Å². The Morgan fingerprint density at radius 2 is 2.05 bits per heavy atom. The number of carbonyl (C=O) groups is 1. The average molecular weight is 281 g/mol. The molecule has 0 aliphatic carbocycles. The molecule has 0 spiro atoms. The molecule has 1 aromatic carbocycles. The van der Waals surface area contributed by atoms with Gasteiger partial charge in [0, 0.05) is 0 Å². The topological polar surface area (TPSA) is 115 Å². The summed E-state index contributed by atoms with van der Waals surface area (Å²) in [6.45, 7) is 1.58. The highest BCUT2D eigenvalue weighted by Gasteiger charge is 2.18. The lowest BCUT2D eigenvalue weighted by Crippen LogP contribution is -2.18. The molecule has 1 amide bonds. The summed E-state index contributed by atoms with van der Waals surface area (Å²) in [4.78, 5) is 11.8. The summed E-state index contributed by atoms with van der Waals surface area (Å²) in [7, 11) is -3.91. The molecule has 0 aliphatic heterocycles. The van der Waals surface area contributed by atoms with Crippen molar-refractivity contribution in [2.75, 3.05) is 5.32 Å². The summed E-state index contributed by atoms with van der Waals surface area (Å²) in [6.07, 6.45) is 1.25. The Bertz CT molecular complexity index is 721. The number of hydrogen-bond donors (Lipinski definition) is 2. The monoisotopic (exact) mass is 281 g/mol. The fraction of sp³-hybridized carbons (Fsp3) is 0.0909. The van der Waals surface area contributed by atoms with E-state index in [0.29, 0.717) is 5.76 Å². The van der Waals surface area contributed by atoms with E-state index in [4.69, 9.17) is 9.66 Å². The third kappa shape index (κ3) is 2.80. The molecular weight excluding hydrogens is 270 g/mol. The second-order valence-electron chi connectivity index (χ2n) is 3.79. The van der Waals surface area contributed by atoms with Crippen LogP contribution in [0.2, 0.25) is 0 Å². The van der Waals surface area contributed by atoms with Crippen LogP contribution in [0.1, 0.15) is 16.1 Å². The summed E-state index contributed by atoms with van der Waals surface area (Å²) >= 11 is 0. The Hall–Kier alpha value is -2.19. The number of carbonyl (C=O) groups excluding carboxylic acids is 1. The van der Waals surface area contributed by atoms with Gasteiger partial charge in [-0.15, -0.1) is 0 Å². The summed E-state index contributed by atoms with van der Waals surface area (Å²) < 4.78 is 27.5. The van der Waals surface area contributed by atoms with Gasteiger partial charge in [0.15, 0.2) is 0 Å². The maximum absolute atomic E-state index is 11.9. The summed E-state index contributed by atoms with van der Waals surface area (Å²) in [6, 6.07) is 5.86. The van der Waals surface area contributed by atoms with Gasteiger partial charge in [0.05, 0.1) is 11.9 Å². The predicted molar refractivity (Wildman–Crippen MR) is 67.0 cm³/mol. The third-order valence-electron chi connectivity index (χ3n) is 2.44. The van der Waals surface area contributed by atoms with Crippen molar-refractivity contribution in [2.45, 2.75) is 11.8 Å². The standard InChI is InChI=1S/C11H11N3O4S/c1-7-8(6-13-18-7)11(15)14-9-4-2-3-5-10(9)19(12,16)17/h2-6H,1H3,(H,14,15)(H2,12,16,17). The van der Waals surface area contributed by atoms with Crippen molar-refractivity contribution in [3.05, 3.63) is 41.8 Å². The summed E-state index contributed by atoms with van der Waals surface area (Å²) in [5, 5.41) is 11.0. The van der Waals surface area contributed by atoms with Crippen molar-refractivity contribution < 1.29 is 17.7 Å². The summed E-state index contributed by atoms with van der Waals surface area (Å²) in [5.41, 5.74) is 0.333. The minimum absolute atomic E-state index is 0.107. The van der Waals surface area contributed by atoms with Gasteiger partial charge in [0.25, 0.3) is 5.91 Å². The van der Waals surface area contributed by atoms with E-state index in [9.17, 15) is 13.2 Å². The van der Waals surface area contributed by atoms with Crippen molar-refractivity contribution in [3.63, 3.8) is 0 Å². The number of rotatable bonds is 3. The van der Waals surface area contributed by atoms with Crippen LogP contribution in [0.25, 0.3) is 0 Å². The molecule has 2 rings (SSSR count). The van der Waals surface area contributed by atoms with Crippen LogP contribution in [0.15, 0.2) is 39.9 Å². The number of aromatic nitrogens is 1. The van der Waals surface area contributed by atoms with E-state index < -0.39 is 15.9 Å². The number of nitrogens with one attached hydrogen (secondary N) is 1. The normalized spacial score (nSPS) is 11.3. The molecule has 100 valence electrons. The maximum atomic E-state index is 11.9. The minimum atomic E-state index is -3.91. The van der Waals surface area contributed by atoms with E-state index in [1.807, 2.05) is 0 Å². The number of sulfonamides is 1. The zero-order valence-corrected chi connectivity index (χ0v) is 10.8. The quantitative estimate of drug-likeness (QED) is 0.866. The molecule has 2 aromatic rings. The van der Waals surface area contributed by atoms with E-state index in [1.165, 1.54) is 24.4 Å². The number of benzene rings is 1. The Morgan fingerprint density at radius 1 is 1.37 bits per heavy atom. The molecule has 0 bridgehead atoms. The molecule has 19 heavy (non-hydrogen) atoms. The molecule has 1 heterocycles. The number of nitrogens with zero attached hydrogens (tertiary/aromatic N) is 1. The van der Waals surface area contributed by atoms with Gasteiger partial charge in [-0.3, -0.25) is 4.79 Å². The molecule has 0 atom stereocenters. The SMILES string of the molecule is Cc1oncc1C(=O)Nc1ccccc1S(N)(=O)=O. The first-order chi connectivity index (χ1) is 8.89. The average Bonchev–Trinajstić information content (AvgIpc) is 2.75. The van der Waals surface area contributed by atoms with Crippen LogP contribution in [0.4, 0.5) is 5.69 Å². The number of para-hydroxylation sites is 1. The Labute approximate surface area is 109 Å². The predicted octanol–water partition coefficient (Wildman–Crippen LogP) is 0.883. The van der Waals surface area contributed by atoms with Gasteiger partial charge in [-0.25, -0.2) is 13.6 Å². The molecule has 1 aromatic heterocycles. The number of hydrogen-bond acceptors (Lipinski definition) is 5. The zero-order chi connectivity index (χ0) is 14.0. The zero-order valence-electron chi connectivity index (χ0n) is 9.95. The highest BCUT2D eigenvalue weighted by molar-refractivity contribution is 7.89. The van der Waals surface area contributed by atoms with Crippen molar-refractivity contribution >= 4 is 21.6 Å². The van der Waals surface area contributed by atoms with Crippen LogP contribution in [-0.4, -0.2) is 19.5 Å². The second-order valence-corrected chi connectivity index (χ2v) is 5.32. The van der Waals surface area contributed by atoms with Crippen molar-refractivity contribution in [3.8, 4) is 0 Å². The van der Waals surface area contributed by atoms with Gasteiger partial charge in [0.1, 0.15) is 16.2 Å². The molecule has 0 saturated carbocycles. The number of anilines is 1. The third-order valence-corrected chi connectivity index (χ3v) is 3.41. The summed E-state index contributed by atoms with van der Waals surface area (Å²) in [5.74, 6) is -0.180. The number of primary sulfonamides is 1. The molecule has 3 N–H and O–H groups in total. The van der Waals surface area contributed by atoms with E-state index in [2.05, 4.69) is 10.5 Å². The van der Waals surface area contributed by atoms with Crippen LogP contribution >= 0.6 is 0 Å². The van der Waals surface area contributed by atoms with Gasteiger partial charge in [0.2, 0.25) is 10.0 Å². The van der Waals surface area contributed by atoms with Gasteiger partial charge >= 0.3 is 0 Å². The fourth-order valence-corrected chi connectivity index (χ4v) is 2.22. The van der Waals surface area contributed by atoms with E-state index in [-0.39, 0.29) is 16.1 Å². The van der Waals surface area contributed by atoms with E-state index in [0.717, 1.165) is 0 Å². The van der Waals surface area contributed by atoms with E-state index >= 15 is 0 Å². The smallest absolute Gasteiger partial charge is 0.260 e. The van der Waals surface area contributed by atoms with Crippen LogP contribution in [-0.2, 0) is 10.0 Å². The molecule has 7 nitrogen and oxygen atoms in total. The Morgan fingerprint density at radius 3 is 2.63 bits per heavy atom. The van der Waals surface area contributed by atoms with Crippen LogP contribution in [0.3, 0.4) is 0 Å². The molecule has 0 fully saturated rings. The van der Waals surface area contributed by atoms with E-state index in [1.54, 1.807) is 13.0 Å². The number of aryl methyl sites for hydroxylation is 1. The minimum Gasteiger partial charge on any atom is -0.361 e. The van der Waals surface area contributed by atoms with Crippen molar-refractivity contribution in [2.24, 2.45) is 5.14 Å². The maximum Gasteiger partial charge on any atom is 0.260 e. The fourth-order valence-electron chi connectivity index (χ4n) is 1.52. The first-order valence-corrected chi connectivity index (χ1v) is 6.78. The Kier molecular flexibility index (Phi) is 3.36. The van der Waals surface area contributed by atoms with Crippen LogP contribution < -0.4 is 10.5 Å². The number of amides is 1. The Balaban J connectivity index is 2.35. The van der Waals surface area contributed by atoms with Crippen LogP contribution in [0.5, 0.6) is 0 Å². The van der Waals surface area contributed by atoms with Gasteiger partial charge in [-0.05, 0) is 19.1 Å². The molecule has 0 unspecified atom stereocenters.